The first kappa shape index (κ1) is 25.2. The summed E-state index contributed by atoms with van der Waals surface area (Å²) in [6.07, 6.45) is 41.2. The molecule has 9 rings (SSSR count). The van der Waals surface area contributed by atoms with E-state index in [0.29, 0.717) is 29.7 Å². The van der Waals surface area contributed by atoms with E-state index in [1.54, 1.807) is 5.57 Å². The molecular weight excluding hydrogens is 518 g/mol. The number of benzene rings is 2. The molecule has 0 aliphatic heterocycles. The highest BCUT2D eigenvalue weighted by molar-refractivity contribution is 6.08. The first-order valence-electron chi connectivity index (χ1n) is 16.2. The monoisotopic (exact) mass is 555 g/mol. The van der Waals surface area contributed by atoms with Gasteiger partial charge in [0.25, 0.3) is 0 Å². The molecule has 43 heavy (non-hydrogen) atoms. The second kappa shape index (κ2) is 10.1. The van der Waals surface area contributed by atoms with Crippen LogP contribution in [0.2, 0.25) is 0 Å². The lowest BCUT2D eigenvalue weighted by atomic mass is 9.64. The van der Waals surface area contributed by atoms with Gasteiger partial charge in [0.2, 0.25) is 0 Å². The number of allylic oxidation sites excluding steroid dienone is 20. The van der Waals surface area contributed by atoms with Gasteiger partial charge in [0.05, 0.1) is 6.04 Å². The van der Waals surface area contributed by atoms with Crippen LogP contribution in [0.5, 0.6) is 0 Å². The molecule has 5 unspecified atom stereocenters. The Morgan fingerprint density at radius 2 is 1.56 bits per heavy atom. The van der Waals surface area contributed by atoms with Gasteiger partial charge >= 0.3 is 0 Å². The molecule has 1 heteroatoms. The molecule has 0 saturated heterocycles. The number of aromatic nitrogens is 1. The smallest absolute Gasteiger partial charge is 0.0560 e. The number of nitrogens with zero attached hydrogens (tertiary/aromatic N) is 1. The highest BCUT2D eigenvalue weighted by Gasteiger charge is 2.37. The lowest BCUT2D eigenvalue weighted by Crippen LogP contribution is -2.27. The van der Waals surface area contributed by atoms with Crippen molar-refractivity contribution in [3.8, 4) is 0 Å². The van der Waals surface area contributed by atoms with E-state index in [2.05, 4.69) is 138 Å². The van der Waals surface area contributed by atoms with E-state index < -0.39 is 0 Å². The van der Waals surface area contributed by atoms with Crippen LogP contribution in [0.3, 0.4) is 0 Å². The Labute approximate surface area is 254 Å². The number of hydrogen-bond acceptors (Lipinski definition) is 0. The van der Waals surface area contributed by atoms with Gasteiger partial charge < -0.3 is 4.57 Å². The Bertz CT molecular complexity index is 1970. The highest BCUT2D eigenvalue weighted by atomic mass is 15.0. The number of rotatable bonds is 3. The van der Waals surface area contributed by atoms with Crippen LogP contribution in [-0.4, -0.2) is 4.57 Å². The van der Waals surface area contributed by atoms with Gasteiger partial charge in [-0.2, -0.15) is 0 Å². The van der Waals surface area contributed by atoms with Crippen molar-refractivity contribution in [2.75, 3.05) is 0 Å². The fourth-order valence-electron chi connectivity index (χ4n) is 8.58. The Morgan fingerprint density at radius 1 is 0.674 bits per heavy atom. The van der Waals surface area contributed by atoms with Crippen LogP contribution in [-0.2, 0) is 0 Å². The summed E-state index contributed by atoms with van der Waals surface area (Å²) in [6, 6.07) is 16.7. The summed E-state index contributed by atoms with van der Waals surface area (Å²) in [6.45, 7) is 0. The topological polar surface area (TPSA) is 4.93 Å². The van der Waals surface area contributed by atoms with Crippen LogP contribution >= 0.6 is 0 Å². The summed E-state index contributed by atoms with van der Waals surface area (Å²) < 4.78 is 2.58. The van der Waals surface area contributed by atoms with Crippen molar-refractivity contribution in [1.29, 1.82) is 0 Å². The predicted octanol–water partition coefficient (Wildman–Crippen LogP) is 10.7. The fourth-order valence-corrected chi connectivity index (χ4v) is 8.58. The van der Waals surface area contributed by atoms with Crippen molar-refractivity contribution in [2.45, 2.75) is 44.1 Å². The van der Waals surface area contributed by atoms with E-state index in [0.717, 1.165) is 19.3 Å². The molecule has 3 aromatic rings. The standard InChI is InChI=1S/C42H37N/c1-2-10-28(11-3-1)29-18-22-32(23-19-29)43-41-17-9-8-16-38(41)40-27-31(21-25-42(40)43)30-20-24-37-35-14-5-4-12-33(35)34-13-6-7-15-36(34)39(37)26-30/h1-3,5-10,13-19,21-22,24-28,30,32,34,36H,4,11-12,20,23H2. The SMILES string of the molecule is C1=CCC(C2=CCC(n3c4ccccc4c4cc(C5C=C6C(=CC5)C5=C(CCC=C5)C5C=CC=CC65)ccc43)C=C2)C=C1. The molecular formula is C42H37N. The molecule has 0 radical (unpaired) electrons. The van der Waals surface area contributed by atoms with Crippen LogP contribution in [0.15, 0.2) is 161 Å². The van der Waals surface area contributed by atoms with E-state index >= 15 is 0 Å². The summed E-state index contributed by atoms with van der Waals surface area (Å²) >= 11 is 0. The Hall–Kier alpha value is -4.36. The minimum atomic E-state index is 0.332. The fraction of sp³-hybridized carbons (Fsp3) is 0.238. The third kappa shape index (κ3) is 4.05. The van der Waals surface area contributed by atoms with Crippen LogP contribution < -0.4 is 0 Å². The van der Waals surface area contributed by atoms with Gasteiger partial charge in [-0.05, 0) is 78.2 Å². The van der Waals surface area contributed by atoms with Crippen molar-refractivity contribution in [3.05, 3.63) is 167 Å². The third-order valence-electron chi connectivity index (χ3n) is 10.7. The van der Waals surface area contributed by atoms with E-state index in [-0.39, 0.29) is 0 Å². The van der Waals surface area contributed by atoms with Crippen molar-refractivity contribution < 1.29 is 0 Å². The van der Waals surface area contributed by atoms with Crippen molar-refractivity contribution in [2.24, 2.45) is 17.8 Å². The Morgan fingerprint density at radius 3 is 2.44 bits per heavy atom. The van der Waals surface area contributed by atoms with Gasteiger partial charge in [0.1, 0.15) is 0 Å². The van der Waals surface area contributed by atoms with Crippen molar-refractivity contribution in [1.82, 2.24) is 4.57 Å². The normalized spacial score (nSPS) is 28.9. The predicted molar refractivity (Wildman–Crippen MR) is 181 cm³/mol. The lowest BCUT2D eigenvalue weighted by Gasteiger charge is -2.40. The molecule has 0 N–H and O–H groups in total. The van der Waals surface area contributed by atoms with Crippen LogP contribution in [0, 0.1) is 17.8 Å². The average Bonchev–Trinajstić information content (AvgIpc) is 3.42. The van der Waals surface area contributed by atoms with Gasteiger partial charge in [0.15, 0.2) is 0 Å². The van der Waals surface area contributed by atoms with Crippen molar-refractivity contribution >= 4 is 21.8 Å². The van der Waals surface area contributed by atoms with Crippen LogP contribution in [0.4, 0.5) is 0 Å². The highest BCUT2D eigenvalue weighted by Crippen LogP contribution is 2.51. The molecule has 6 aliphatic rings. The van der Waals surface area contributed by atoms with Gasteiger partial charge in [-0.15, -0.1) is 0 Å². The minimum Gasteiger partial charge on any atom is -0.333 e. The summed E-state index contributed by atoms with van der Waals surface area (Å²) in [5.41, 5.74) is 11.8. The van der Waals surface area contributed by atoms with Crippen LogP contribution in [0.25, 0.3) is 21.8 Å². The van der Waals surface area contributed by atoms with Gasteiger partial charge in [-0.3, -0.25) is 0 Å². The zero-order valence-electron chi connectivity index (χ0n) is 24.6. The molecule has 210 valence electrons. The molecule has 0 fully saturated rings. The molecule has 1 aromatic heterocycles. The molecule has 5 atom stereocenters. The van der Waals surface area contributed by atoms with Gasteiger partial charge in [-0.25, -0.2) is 0 Å². The molecule has 1 heterocycles. The second-order valence-electron chi connectivity index (χ2n) is 13.0. The Kier molecular flexibility index (Phi) is 5.93. The zero-order valence-corrected chi connectivity index (χ0v) is 24.6. The van der Waals surface area contributed by atoms with E-state index in [9.17, 15) is 0 Å². The van der Waals surface area contributed by atoms with E-state index in [4.69, 9.17) is 0 Å². The van der Waals surface area contributed by atoms with Gasteiger partial charge in [-0.1, -0.05) is 121 Å². The molecule has 0 saturated carbocycles. The maximum Gasteiger partial charge on any atom is 0.0560 e. The Balaban J connectivity index is 1.09. The molecule has 0 bridgehead atoms. The average molecular weight is 556 g/mol. The number of hydrogen-bond donors (Lipinski definition) is 0. The number of fused-ring (bicyclic) bond motifs is 8. The molecule has 6 aliphatic carbocycles. The first-order valence-corrected chi connectivity index (χ1v) is 16.2. The first-order chi connectivity index (χ1) is 21.3. The maximum atomic E-state index is 2.62. The summed E-state index contributed by atoms with van der Waals surface area (Å²) in [4.78, 5) is 0. The van der Waals surface area contributed by atoms with Crippen molar-refractivity contribution in [3.63, 3.8) is 0 Å². The summed E-state index contributed by atoms with van der Waals surface area (Å²) in [5, 5.41) is 2.75. The molecule has 2 aromatic carbocycles. The quantitative estimate of drug-likeness (QED) is 0.303. The maximum absolute atomic E-state index is 2.62. The summed E-state index contributed by atoms with van der Waals surface area (Å²) in [5.74, 6) is 1.89. The minimum absolute atomic E-state index is 0.332. The molecule has 0 spiro atoms. The van der Waals surface area contributed by atoms with E-state index in [1.807, 2.05) is 0 Å². The molecule has 0 amide bonds. The summed E-state index contributed by atoms with van der Waals surface area (Å²) in [7, 11) is 0. The van der Waals surface area contributed by atoms with Crippen LogP contribution in [0.1, 0.15) is 49.6 Å². The largest absolute Gasteiger partial charge is 0.333 e. The van der Waals surface area contributed by atoms with E-state index in [1.165, 1.54) is 62.5 Å². The lowest BCUT2D eigenvalue weighted by molar-refractivity contribution is 0.553. The zero-order chi connectivity index (χ0) is 28.3. The molecule has 1 nitrogen and oxygen atoms in total. The van der Waals surface area contributed by atoms with Gasteiger partial charge in [0, 0.05) is 45.5 Å². The second-order valence-corrected chi connectivity index (χ2v) is 13.0. The third-order valence-corrected chi connectivity index (χ3v) is 10.7. The number of para-hydroxylation sites is 1.